The van der Waals surface area contributed by atoms with Crippen molar-refractivity contribution >= 4 is 35.0 Å². The second-order valence-corrected chi connectivity index (χ2v) is 5.85. The van der Waals surface area contributed by atoms with E-state index in [1.165, 1.54) is 30.8 Å². The highest BCUT2D eigenvalue weighted by molar-refractivity contribution is 7.99. The Hall–Kier alpha value is -1.22. The molecule has 1 unspecified atom stereocenters. The third-order valence-corrected chi connectivity index (χ3v) is 3.91. The number of carbonyl (C=O) groups is 1. The molecule has 0 bridgehead atoms. The number of anilines is 1. The van der Waals surface area contributed by atoms with Crippen LogP contribution in [0.3, 0.4) is 0 Å². The van der Waals surface area contributed by atoms with Crippen molar-refractivity contribution in [1.29, 1.82) is 5.26 Å². The average Bonchev–Trinajstić information content (AvgIpc) is 2.36. The summed E-state index contributed by atoms with van der Waals surface area (Å²) in [6, 6.07) is 6.52. The molecule has 102 valence electrons. The van der Waals surface area contributed by atoms with E-state index in [9.17, 15) is 9.90 Å². The zero-order valence-electron chi connectivity index (χ0n) is 10.7. The van der Waals surface area contributed by atoms with Crippen LogP contribution in [0.25, 0.3) is 0 Å². The Bertz CT molecular complexity index is 512. The molecule has 0 radical (unpaired) electrons. The van der Waals surface area contributed by atoms with Crippen molar-refractivity contribution in [2.75, 3.05) is 16.8 Å². The molecule has 0 fully saturated rings. The lowest BCUT2D eigenvalue weighted by atomic mass is 10.1. The molecule has 2 N–H and O–H groups in total. The Balaban J connectivity index is 2.77. The Morgan fingerprint density at radius 1 is 1.63 bits per heavy atom. The van der Waals surface area contributed by atoms with E-state index in [0.29, 0.717) is 17.0 Å². The molecule has 6 heteroatoms. The number of halogens is 1. The minimum atomic E-state index is -1.44. The van der Waals surface area contributed by atoms with Crippen LogP contribution >= 0.6 is 23.4 Å². The van der Waals surface area contributed by atoms with Crippen molar-refractivity contribution in [3.05, 3.63) is 28.8 Å². The first-order chi connectivity index (χ1) is 8.90. The van der Waals surface area contributed by atoms with Gasteiger partial charge in [-0.3, -0.25) is 4.79 Å². The second-order valence-electron chi connectivity index (χ2n) is 4.17. The van der Waals surface area contributed by atoms with Gasteiger partial charge in [0.05, 0.1) is 10.6 Å². The molecule has 1 aromatic carbocycles. The molecule has 0 aromatic heterocycles. The van der Waals surface area contributed by atoms with Crippen LogP contribution in [-0.2, 0) is 4.79 Å². The number of thioether (sulfide) groups is 1. The maximum absolute atomic E-state index is 11.9. The van der Waals surface area contributed by atoms with E-state index in [1.807, 2.05) is 13.0 Å². The first-order valence-electron chi connectivity index (χ1n) is 5.72. The van der Waals surface area contributed by atoms with Crippen LogP contribution in [0.2, 0.25) is 5.02 Å². The fourth-order valence-electron chi connectivity index (χ4n) is 1.32. The fraction of sp³-hybridized carbons (Fsp3) is 0.385. The largest absolute Gasteiger partial charge is 0.379 e. The van der Waals surface area contributed by atoms with Gasteiger partial charge in [0, 0.05) is 11.4 Å². The molecule has 0 saturated heterocycles. The van der Waals surface area contributed by atoms with Crippen molar-refractivity contribution in [3.8, 4) is 6.07 Å². The molecule has 1 atom stereocenters. The van der Waals surface area contributed by atoms with E-state index in [1.54, 1.807) is 6.07 Å². The molecule has 0 aliphatic rings. The molecule has 19 heavy (non-hydrogen) atoms. The van der Waals surface area contributed by atoms with Crippen molar-refractivity contribution < 1.29 is 9.90 Å². The zero-order chi connectivity index (χ0) is 14.5. The maximum Gasteiger partial charge on any atom is 0.256 e. The molecule has 0 spiro atoms. The highest BCUT2D eigenvalue weighted by Crippen LogP contribution is 2.22. The van der Waals surface area contributed by atoms with Crippen LogP contribution in [0.5, 0.6) is 0 Å². The lowest BCUT2D eigenvalue weighted by Crippen LogP contribution is -2.42. The van der Waals surface area contributed by atoms with Crippen molar-refractivity contribution in [1.82, 2.24) is 0 Å². The summed E-state index contributed by atoms with van der Waals surface area (Å²) in [6.45, 7) is 3.43. The van der Waals surface area contributed by atoms with Crippen LogP contribution in [0.4, 0.5) is 5.69 Å². The number of hydrogen-bond donors (Lipinski definition) is 2. The number of carbonyl (C=O) groups excluding carboxylic acids is 1. The summed E-state index contributed by atoms with van der Waals surface area (Å²) in [4.78, 5) is 11.9. The molecule has 0 saturated carbocycles. The standard InChI is InChI=1S/C13H15ClN2O2S/c1-3-19-8-13(2,18)12(17)16-10-5-4-9(7-15)11(14)6-10/h4-6,18H,3,8H2,1-2H3,(H,16,17). The summed E-state index contributed by atoms with van der Waals surface area (Å²) in [6.07, 6.45) is 0. The van der Waals surface area contributed by atoms with E-state index in [2.05, 4.69) is 5.32 Å². The third kappa shape index (κ3) is 4.43. The first kappa shape index (κ1) is 15.8. The van der Waals surface area contributed by atoms with E-state index >= 15 is 0 Å². The third-order valence-electron chi connectivity index (χ3n) is 2.42. The second kappa shape index (κ2) is 6.80. The first-order valence-corrected chi connectivity index (χ1v) is 7.25. The number of benzene rings is 1. The molecule has 1 aromatic rings. The normalized spacial score (nSPS) is 13.4. The smallest absolute Gasteiger partial charge is 0.256 e. The molecule has 1 amide bonds. The monoisotopic (exact) mass is 298 g/mol. The number of nitrogens with one attached hydrogen (secondary N) is 1. The lowest BCUT2D eigenvalue weighted by Gasteiger charge is -2.21. The Morgan fingerprint density at radius 2 is 2.32 bits per heavy atom. The van der Waals surface area contributed by atoms with Crippen molar-refractivity contribution in [2.45, 2.75) is 19.4 Å². The minimum Gasteiger partial charge on any atom is -0.379 e. The summed E-state index contributed by atoms with van der Waals surface area (Å²) in [5.41, 5.74) is -0.648. The van der Waals surface area contributed by atoms with E-state index in [4.69, 9.17) is 16.9 Å². The average molecular weight is 299 g/mol. The number of rotatable bonds is 5. The number of hydrogen-bond acceptors (Lipinski definition) is 4. The van der Waals surface area contributed by atoms with Crippen molar-refractivity contribution in [2.24, 2.45) is 0 Å². The van der Waals surface area contributed by atoms with Crippen LogP contribution < -0.4 is 5.32 Å². The number of aliphatic hydroxyl groups is 1. The molecule has 0 aliphatic heterocycles. The Morgan fingerprint density at radius 3 is 2.84 bits per heavy atom. The highest BCUT2D eigenvalue weighted by Gasteiger charge is 2.30. The molecule has 1 rings (SSSR count). The summed E-state index contributed by atoms with van der Waals surface area (Å²) in [7, 11) is 0. The molecule has 4 nitrogen and oxygen atoms in total. The van der Waals surface area contributed by atoms with Gasteiger partial charge in [0.1, 0.15) is 11.7 Å². The summed E-state index contributed by atoms with van der Waals surface area (Å²) in [5.74, 6) is 0.653. The van der Waals surface area contributed by atoms with Gasteiger partial charge in [-0.05, 0) is 30.9 Å². The SMILES string of the molecule is CCSCC(C)(O)C(=O)Nc1ccc(C#N)c(Cl)c1. The van der Waals surface area contributed by atoms with Gasteiger partial charge in [-0.2, -0.15) is 17.0 Å². The van der Waals surface area contributed by atoms with Gasteiger partial charge in [-0.1, -0.05) is 18.5 Å². The molecular weight excluding hydrogens is 284 g/mol. The van der Waals surface area contributed by atoms with Gasteiger partial charge in [0.2, 0.25) is 0 Å². The van der Waals surface area contributed by atoms with Crippen molar-refractivity contribution in [3.63, 3.8) is 0 Å². The van der Waals surface area contributed by atoms with Crippen LogP contribution in [-0.4, -0.2) is 28.1 Å². The Kier molecular flexibility index (Phi) is 5.67. The predicted octanol–water partition coefficient (Wildman–Crippen LogP) is 2.65. The number of nitriles is 1. The van der Waals surface area contributed by atoms with Crippen LogP contribution in [0.1, 0.15) is 19.4 Å². The van der Waals surface area contributed by atoms with E-state index in [0.717, 1.165) is 5.75 Å². The topological polar surface area (TPSA) is 73.1 Å². The van der Waals surface area contributed by atoms with Gasteiger partial charge in [0.25, 0.3) is 5.91 Å². The molecular formula is C13H15ClN2O2S. The summed E-state index contributed by atoms with van der Waals surface area (Å²) in [5, 5.41) is 21.6. The maximum atomic E-state index is 11.9. The van der Waals surface area contributed by atoms with Gasteiger partial charge >= 0.3 is 0 Å². The zero-order valence-corrected chi connectivity index (χ0v) is 12.3. The lowest BCUT2D eigenvalue weighted by molar-refractivity contribution is -0.130. The minimum absolute atomic E-state index is 0.267. The molecule has 0 heterocycles. The van der Waals surface area contributed by atoms with Crippen LogP contribution in [0, 0.1) is 11.3 Å². The quantitative estimate of drug-likeness (QED) is 0.876. The van der Waals surface area contributed by atoms with Gasteiger partial charge in [-0.25, -0.2) is 0 Å². The van der Waals surface area contributed by atoms with Crippen LogP contribution in [0.15, 0.2) is 18.2 Å². The van der Waals surface area contributed by atoms with Gasteiger partial charge < -0.3 is 10.4 Å². The number of nitrogens with zero attached hydrogens (tertiary/aromatic N) is 1. The fourth-order valence-corrected chi connectivity index (χ4v) is 2.27. The Labute approximate surface area is 121 Å². The number of amides is 1. The molecule has 0 aliphatic carbocycles. The highest BCUT2D eigenvalue weighted by atomic mass is 35.5. The summed E-state index contributed by atoms with van der Waals surface area (Å²) >= 11 is 7.35. The van der Waals surface area contributed by atoms with Gasteiger partial charge in [-0.15, -0.1) is 0 Å². The summed E-state index contributed by atoms with van der Waals surface area (Å²) < 4.78 is 0. The van der Waals surface area contributed by atoms with E-state index < -0.39 is 11.5 Å². The predicted molar refractivity (Wildman–Crippen MR) is 78.4 cm³/mol. The van der Waals surface area contributed by atoms with E-state index in [-0.39, 0.29) is 5.02 Å². The van der Waals surface area contributed by atoms with Gasteiger partial charge in [0.15, 0.2) is 0 Å².